The van der Waals surface area contributed by atoms with Gasteiger partial charge in [-0.2, -0.15) is 13.2 Å². The van der Waals surface area contributed by atoms with E-state index >= 15 is 0 Å². The van der Waals surface area contributed by atoms with Crippen LogP contribution in [0.2, 0.25) is 0 Å². The molecule has 0 saturated carbocycles. The van der Waals surface area contributed by atoms with E-state index in [1.165, 1.54) is 6.20 Å². The van der Waals surface area contributed by atoms with Crippen molar-refractivity contribution in [2.75, 3.05) is 0 Å². The Bertz CT molecular complexity index is 400. The molecule has 0 saturated heterocycles. The predicted molar refractivity (Wildman–Crippen MR) is 62.0 cm³/mol. The lowest BCUT2D eigenvalue weighted by atomic mass is 9.80. The van der Waals surface area contributed by atoms with Crippen LogP contribution in [0.25, 0.3) is 0 Å². The number of hydrogen-bond acceptors (Lipinski definition) is 1. The molecule has 0 aliphatic heterocycles. The van der Waals surface area contributed by atoms with Crippen molar-refractivity contribution < 1.29 is 13.2 Å². The lowest BCUT2D eigenvalue weighted by Gasteiger charge is -2.27. The summed E-state index contributed by atoms with van der Waals surface area (Å²) in [6.07, 6.45) is -3.08. The van der Waals surface area contributed by atoms with Crippen LogP contribution in [0.1, 0.15) is 57.4 Å². The summed E-state index contributed by atoms with van der Waals surface area (Å²) in [6, 6.07) is 1.06. The van der Waals surface area contributed by atoms with E-state index in [0.29, 0.717) is 11.3 Å². The Hall–Kier alpha value is -1.06. The minimum Gasteiger partial charge on any atom is -0.261 e. The Kier molecular flexibility index (Phi) is 3.55. The summed E-state index contributed by atoms with van der Waals surface area (Å²) in [5.41, 5.74) is -0.294. The van der Waals surface area contributed by atoms with Crippen molar-refractivity contribution in [1.82, 2.24) is 4.98 Å². The van der Waals surface area contributed by atoms with Crippen molar-refractivity contribution >= 4 is 0 Å². The van der Waals surface area contributed by atoms with E-state index < -0.39 is 17.2 Å². The second-order valence-corrected chi connectivity index (χ2v) is 5.52. The summed E-state index contributed by atoms with van der Waals surface area (Å²) in [5.74, 6) is -0.0217. The van der Waals surface area contributed by atoms with Gasteiger partial charge in [-0.25, -0.2) is 0 Å². The smallest absolute Gasteiger partial charge is 0.261 e. The monoisotopic (exact) mass is 245 g/mol. The van der Waals surface area contributed by atoms with Crippen molar-refractivity contribution in [3.63, 3.8) is 0 Å². The zero-order chi connectivity index (χ0) is 13.4. The van der Waals surface area contributed by atoms with Crippen molar-refractivity contribution in [2.45, 2.75) is 52.1 Å². The van der Waals surface area contributed by atoms with E-state index in [0.717, 1.165) is 6.07 Å². The molecule has 0 N–H and O–H groups in total. The first-order valence-electron chi connectivity index (χ1n) is 5.61. The van der Waals surface area contributed by atoms with Gasteiger partial charge in [0.1, 0.15) is 0 Å². The van der Waals surface area contributed by atoms with Gasteiger partial charge in [0.25, 0.3) is 0 Å². The third-order valence-electron chi connectivity index (χ3n) is 2.58. The third kappa shape index (κ3) is 2.99. The first-order chi connectivity index (χ1) is 7.55. The molecule has 0 aliphatic rings. The maximum Gasteiger partial charge on any atom is 0.416 e. The second-order valence-electron chi connectivity index (χ2n) is 5.52. The molecule has 0 aliphatic carbocycles. The van der Waals surface area contributed by atoms with E-state index in [1.54, 1.807) is 20.8 Å². The van der Waals surface area contributed by atoms with Gasteiger partial charge in [-0.15, -0.1) is 0 Å². The van der Waals surface area contributed by atoms with Crippen LogP contribution >= 0.6 is 0 Å². The molecule has 0 aromatic carbocycles. The van der Waals surface area contributed by atoms with E-state index in [4.69, 9.17) is 0 Å². The van der Waals surface area contributed by atoms with Gasteiger partial charge in [-0.05, 0) is 23.0 Å². The van der Waals surface area contributed by atoms with Crippen LogP contribution in [-0.2, 0) is 11.6 Å². The molecule has 0 spiro atoms. The summed E-state index contributed by atoms with van der Waals surface area (Å²) < 4.78 is 39.0. The van der Waals surface area contributed by atoms with Gasteiger partial charge < -0.3 is 0 Å². The highest BCUT2D eigenvalue weighted by atomic mass is 19.4. The van der Waals surface area contributed by atoms with Crippen molar-refractivity contribution in [3.8, 4) is 0 Å². The van der Waals surface area contributed by atoms with Gasteiger partial charge in [0.05, 0.1) is 5.56 Å². The van der Waals surface area contributed by atoms with Crippen molar-refractivity contribution in [2.24, 2.45) is 0 Å². The van der Waals surface area contributed by atoms with Gasteiger partial charge in [-0.1, -0.05) is 34.6 Å². The number of aromatic nitrogens is 1. The van der Waals surface area contributed by atoms with Crippen LogP contribution in [0.5, 0.6) is 0 Å². The molecule has 96 valence electrons. The second kappa shape index (κ2) is 4.31. The first kappa shape index (κ1) is 14.0. The average molecular weight is 245 g/mol. The Morgan fingerprint density at radius 3 is 2.00 bits per heavy atom. The maximum atomic E-state index is 13.0. The van der Waals surface area contributed by atoms with Crippen LogP contribution < -0.4 is 0 Å². The number of pyridine rings is 1. The van der Waals surface area contributed by atoms with Gasteiger partial charge >= 0.3 is 6.18 Å². The zero-order valence-electron chi connectivity index (χ0n) is 10.8. The highest BCUT2D eigenvalue weighted by Gasteiger charge is 2.38. The molecule has 0 fully saturated rings. The molecular formula is C13H18F3N. The molecule has 0 bridgehead atoms. The molecule has 1 aromatic heterocycles. The third-order valence-corrected chi connectivity index (χ3v) is 2.58. The Morgan fingerprint density at radius 2 is 1.65 bits per heavy atom. The summed E-state index contributed by atoms with van der Waals surface area (Å²) >= 11 is 0. The van der Waals surface area contributed by atoms with E-state index in [1.807, 2.05) is 13.8 Å². The molecule has 1 nitrogen and oxygen atoms in total. The highest BCUT2D eigenvalue weighted by Crippen LogP contribution is 2.40. The fraction of sp³-hybridized carbons (Fsp3) is 0.615. The number of hydrogen-bond donors (Lipinski definition) is 0. The fourth-order valence-electron chi connectivity index (χ4n) is 1.94. The van der Waals surface area contributed by atoms with Crippen LogP contribution in [0, 0.1) is 0 Å². The molecular weight excluding hydrogens is 227 g/mol. The summed E-state index contributed by atoms with van der Waals surface area (Å²) in [5, 5.41) is 0. The van der Waals surface area contributed by atoms with E-state index in [-0.39, 0.29) is 5.92 Å². The largest absolute Gasteiger partial charge is 0.416 e. The molecule has 4 heteroatoms. The highest BCUT2D eigenvalue weighted by molar-refractivity contribution is 5.39. The molecule has 0 radical (unpaired) electrons. The van der Waals surface area contributed by atoms with Crippen molar-refractivity contribution in [3.05, 3.63) is 29.1 Å². The lowest BCUT2D eigenvalue weighted by Crippen LogP contribution is -2.23. The van der Waals surface area contributed by atoms with E-state index in [9.17, 15) is 13.2 Å². The summed E-state index contributed by atoms with van der Waals surface area (Å²) in [6.45, 7) is 9.07. The zero-order valence-corrected chi connectivity index (χ0v) is 10.8. The standard InChI is InChI=1S/C13H18F3N/c1-8(2)11-10(12(3,4)5)9(6-7-17-11)13(14,15)16/h6-8H,1-5H3. The van der Waals surface area contributed by atoms with Gasteiger partial charge in [0.15, 0.2) is 0 Å². The van der Waals surface area contributed by atoms with Gasteiger partial charge in [0, 0.05) is 11.9 Å². The topological polar surface area (TPSA) is 12.9 Å². The summed E-state index contributed by atoms with van der Waals surface area (Å²) in [7, 11) is 0. The molecule has 17 heavy (non-hydrogen) atoms. The predicted octanol–water partition coefficient (Wildman–Crippen LogP) is 4.52. The quantitative estimate of drug-likeness (QED) is 0.708. The van der Waals surface area contributed by atoms with Crippen LogP contribution in [0.4, 0.5) is 13.2 Å². The van der Waals surface area contributed by atoms with Gasteiger partial charge in [0.2, 0.25) is 0 Å². The Morgan fingerprint density at radius 1 is 1.12 bits per heavy atom. The number of halogens is 3. The van der Waals surface area contributed by atoms with Crippen LogP contribution in [0.3, 0.4) is 0 Å². The molecule has 1 heterocycles. The fourth-order valence-corrected chi connectivity index (χ4v) is 1.94. The van der Waals surface area contributed by atoms with E-state index in [2.05, 4.69) is 4.98 Å². The Balaban J connectivity index is 3.58. The minimum atomic E-state index is -4.32. The lowest BCUT2D eigenvalue weighted by molar-refractivity contribution is -0.138. The first-order valence-corrected chi connectivity index (χ1v) is 5.61. The molecule has 0 atom stereocenters. The van der Waals surface area contributed by atoms with Gasteiger partial charge in [-0.3, -0.25) is 4.98 Å². The minimum absolute atomic E-state index is 0.0217. The number of nitrogens with zero attached hydrogens (tertiary/aromatic N) is 1. The molecule has 0 unspecified atom stereocenters. The van der Waals surface area contributed by atoms with Crippen molar-refractivity contribution in [1.29, 1.82) is 0 Å². The van der Waals surface area contributed by atoms with Crippen LogP contribution in [0.15, 0.2) is 12.3 Å². The summed E-state index contributed by atoms with van der Waals surface area (Å²) in [4.78, 5) is 4.12. The SMILES string of the molecule is CC(C)c1nccc(C(F)(F)F)c1C(C)(C)C. The number of rotatable bonds is 1. The number of alkyl halides is 3. The molecule has 1 rings (SSSR count). The average Bonchev–Trinajstić information content (AvgIpc) is 2.13. The normalized spacial score (nSPS) is 13.2. The maximum absolute atomic E-state index is 13.0. The Labute approximate surface area is 100 Å². The molecule has 1 aromatic rings. The molecule has 0 amide bonds. The van der Waals surface area contributed by atoms with Crippen LogP contribution in [-0.4, -0.2) is 4.98 Å².